The van der Waals surface area contributed by atoms with Crippen molar-refractivity contribution >= 4 is 0 Å². The summed E-state index contributed by atoms with van der Waals surface area (Å²) in [5.41, 5.74) is 1.86. The van der Waals surface area contributed by atoms with Gasteiger partial charge in [-0.05, 0) is 56.8 Å². The Hall–Kier alpha value is -0.300. The molecule has 1 nitrogen and oxygen atoms in total. The third-order valence-electron chi connectivity index (χ3n) is 4.01. The van der Waals surface area contributed by atoms with Crippen molar-refractivity contribution in [1.82, 2.24) is 0 Å². The fourth-order valence-corrected chi connectivity index (χ4v) is 2.37. The van der Waals surface area contributed by atoms with Crippen molar-refractivity contribution in [3.63, 3.8) is 0 Å². The molecule has 0 aromatic heterocycles. The second-order valence-corrected chi connectivity index (χ2v) is 6.39. The lowest BCUT2D eigenvalue weighted by Gasteiger charge is -2.26. The average Bonchev–Trinajstić information content (AvgIpc) is 2.23. The summed E-state index contributed by atoms with van der Waals surface area (Å²) < 4.78 is 0. The lowest BCUT2D eigenvalue weighted by atomic mass is 9.82. The molecule has 94 valence electrons. The molecular weight excluding hydrogens is 196 g/mol. The quantitative estimate of drug-likeness (QED) is 0.608. The number of aliphatic hydroxyl groups is 1. The number of hydrogen-bond acceptors (Lipinski definition) is 1. The van der Waals surface area contributed by atoms with Gasteiger partial charge in [0.1, 0.15) is 0 Å². The van der Waals surface area contributed by atoms with Crippen LogP contribution in [0.1, 0.15) is 66.2 Å². The minimum Gasteiger partial charge on any atom is -0.393 e. The molecule has 0 saturated carbocycles. The largest absolute Gasteiger partial charge is 0.393 e. The van der Waals surface area contributed by atoms with Crippen molar-refractivity contribution in [1.29, 1.82) is 0 Å². The van der Waals surface area contributed by atoms with Crippen molar-refractivity contribution in [3.05, 3.63) is 11.6 Å². The molecule has 0 bridgehead atoms. The van der Waals surface area contributed by atoms with Gasteiger partial charge in [-0.3, -0.25) is 0 Å². The van der Waals surface area contributed by atoms with Crippen LogP contribution in [-0.2, 0) is 0 Å². The highest BCUT2D eigenvalue weighted by Crippen LogP contribution is 2.31. The molecule has 2 atom stereocenters. The van der Waals surface area contributed by atoms with Crippen LogP contribution in [0.4, 0.5) is 0 Å². The maximum Gasteiger partial charge on any atom is 0.0566 e. The van der Waals surface area contributed by atoms with E-state index in [9.17, 15) is 5.11 Å². The number of aliphatic hydroxyl groups excluding tert-OH is 1. The SMILES string of the molecule is C/C1=C\CC(C)(C)CC[C@H](O)[C@@H](C)CCC1. The van der Waals surface area contributed by atoms with Crippen LogP contribution in [0.2, 0.25) is 0 Å². The molecule has 0 aromatic carbocycles. The van der Waals surface area contributed by atoms with E-state index in [1.807, 2.05) is 0 Å². The van der Waals surface area contributed by atoms with Gasteiger partial charge in [-0.1, -0.05) is 32.4 Å². The van der Waals surface area contributed by atoms with Crippen molar-refractivity contribution in [2.24, 2.45) is 11.3 Å². The highest BCUT2D eigenvalue weighted by atomic mass is 16.3. The molecule has 1 N–H and O–H groups in total. The third kappa shape index (κ3) is 4.69. The zero-order valence-corrected chi connectivity index (χ0v) is 11.4. The Morgan fingerprint density at radius 2 is 2.00 bits per heavy atom. The fraction of sp³-hybridized carbons (Fsp3) is 0.867. The van der Waals surface area contributed by atoms with Gasteiger partial charge in [-0.25, -0.2) is 0 Å². The van der Waals surface area contributed by atoms with E-state index in [-0.39, 0.29) is 6.10 Å². The Morgan fingerprint density at radius 3 is 2.69 bits per heavy atom. The molecule has 0 radical (unpaired) electrons. The Balaban J connectivity index is 2.66. The molecule has 0 heterocycles. The van der Waals surface area contributed by atoms with Gasteiger partial charge < -0.3 is 5.11 Å². The van der Waals surface area contributed by atoms with Gasteiger partial charge >= 0.3 is 0 Å². The molecule has 1 aliphatic rings. The maximum absolute atomic E-state index is 10.1. The number of hydrogen-bond donors (Lipinski definition) is 1. The van der Waals surface area contributed by atoms with E-state index in [1.165, 1.54) is 18.4 Å². The molecule has 1 aliphatic carbocycles. The monoisotopic (exact) mass is 224 g/mol. The summed E-state index contributed by atoms with van der Waals surface area (Å²) in [6.45, 7) is 9.06. The number of rotatable bonds is 0. The molecular formula is C15H28O. The normalized spacial score (nSPS) is 35.9. The molecule has 0 aromatic rings. The Kier molecular flexibility index (Phi) is 5.04. The van der Waals surface area contributed by atoms with Crippen molar-refractivity contribution in [2.75, 3.05) is 0 Å². The molecule has 0 fully saturated rings. The number of allylic oxidation sites excluding steroid dienone is 2. The smallest absolute Gasteiger partial charge is 0.0566 e. The summed E-state index contributed by atoms with van der Waals surface area (Å²) in [7, 11) is 0. The molecule has 16 heavy (non-hydrogen) atoms. The predicted octanol–water partition coefficient (Wildman–Crippen LogP) is 4.31. The van der Waals surface area contributed by atoms with Crippen LogP contribution in [0.5, 0.6) is 0 Å². The summed E-state index contributed by atoms with van der Waals surface area (Å²) in [6.07, 6.45) is 9.13. The Bertz CT molecular complexity index is 240. The summed E-state index contributed by atoms with van der Waals surface area (Å²) in [5, 5.41) is 10.1. The molecule has 0 unspecified atom stereocenters. The van der Waals surface area contributed by atoms with Crippen LogP contribution < -0.4 is 0 Å². The van der Waals surface area contributed by atoms with E-state index in [0.29, 0.717) is 11.3 Å². The minimum atomic E-state index is -0.0994. The predicted molar refractivity (Wildman–Crippen MR) is 70.4 cm³/mol. The van der Waals surface area contributed by atoms with Gasteiger partial charge in [-0.15, -0.1) is 0 Å². The second-order valence-electron chi connectivity index (χ2n) is 6.39. The van der Waals surface area contributed by atoms with Crippen LogP contribution >= 0.6 is 0 Å². The van der Waals surface area contributed by atoms with Gasteiger partial charge in [0.15, 0.2) is 0 Å². The van der Waals surface area contributed by atoms with E-state index in [0.717, 1.165) is 25.7 Å². The first kappa shape index (κ1) is 13.8. The average molecular weight is 224 g/mol. The molecule has 0 aliphatic heterocycles. The first-order chi connectivity index (χ1) is 7.41. The van der Waals surface area contributed by atoms with Gasteiger partial charge in [0.05, 0.1) is 6.10 Å². The van der Waals surface area contributed by atoms with E-state index in [4.69, 9.17) is 0 Å². The molecule has 1 heteroatoms. The van der Waals surface area contributed by atoms with Crippen LogP contribution in [0, 0.1) is 11.3 Å². The highest BCUT2D eigenvalue weighted by molar-refractivity contribution is 5.00. The minimum absolute atomic E-state index is 0.0994. The summed E-state index contributed by atoms with van der Waals surface area (Å²) in [6, 6.07) is 0. The summed E-state index contributed by atoms with van der Waals surface area (Å²) in [5.74, 6) is 0.460. The lowest BCUT2D eigenvalue weighted by Crippen LogP contribution is -2.21. The van der Waals surface area contributed by atoms with Crippen LogP contribution in [-0.4, -0.2) is 11.2 Å². The highest BCUT2D eigenvalue weighted by Gasteiger charge is 2.21. The third-order valence-corrected chi connectivity index (χ3v) is 4.01. The van der Waals surface area contributed by atoms with Gasteiger partial charge in [0, 0.05) is 0 Å². The van der Waals surface area contributed by atoms with Crippen LogP contribution in [0.25, 0.3) is 0 Å². The summed E-state index contributed by atoms with van der Waals surface area (Å²) >= 11 is 0. The van der Waals surface area contributed by atoms with Crippen molar-refractivity contribution < 1.29 is 5.11 Å². The molecule has 0 amide bonds. The van der Waals surface area contributed by atoms with E-state index in [2.05, 4.69) is 33.8 Å². The molecule has 1 rings (SSSR count). The zero-order chi connectivity index (χ0) is 12.2. The first-order valence-electron chi connectivity index (χ1n) is 6.74. The fourth-order valence-electron chi connectivity index (χ4n) is 2.37. The Labute approximate surface area is 101 Å². The molecule has 0 spiro atoms. The van der Waals surface area contributed by atoms with Gasteiger partial charge in [-0.2, -0.15) is 0 Å². The van der Waals surface area contributed by atoms with Crippen molar-refractivity contribution in [3.8, 4) is 0 Å². The van der Waals surface area contributed by atoms with Gasteiger partial charge in [0.25, 0.3) is 0 Å². The Morgan fingerprint density at radius 1 is 1.31 bits per heavy atom. The van der Waals surface area contributed by atoms with Gasteiger partial charge in [0.2, 0.25) is 0 Å². The lowest BCUT2D eigenvalue weighted by molar-refractivity contribution is 0.0877. The standard InChI is InChI=1S/C15H28O/c1-12-6-5-7-13(2)14(16)9-11-15(3,4)10-8-12/h8,13-14,16H,5-7,9-11H2,1-4H3/b12-8+/t13-,14-/m0/s1. The molecule has 0 saturated heterocycles. The second kappa shape index (κ2) is 5.86. The van der Waals surface area contributed by atoms with E-state index >= 15 is 0 Å². The van der Waals surface area contributed by atoms with Crippen LogP contribution in [0.15, 0.2) is 11.6 Å². The van der Waals surface area contributed by atoms with E-state index < -0.39 is 0 Å². The summed E-state index contributed by atoms with van der Waals surface area (Å²) in [4.78, 5) is 0. The first-order valence-corrected chi connectivity index (χ1v) is 6.74. The van der Waals surface area contributed by atoms with Crippen LogP contribution in [0.3, 0.4) is 0 Å². The van der Waals surface area contributed by atoms with Crippen molar-refractivity contribution in [2.45, 2.75) is 72.3 Å². The van der Waals surface area contributed by atoms with E-state index in [1.54, 1.807) is 0 Å². The maximum atomic E-state index is 10.1. The topological polar surface area (TPSA) is 20.2 Å². The zero-order valence-electron chi connectivity index (χ0n) is 11.4.